The zero-order valence-electron chi connectivity index (χ0n) is 13.5. The van der Waals surface area contributed by atoms with Crippen molar-refractivity contribution in [3.63, 3.8) is 0 Å². The van der Waals surface area contributed by atoms with Crippen molar-refractivity contribution in [2.75, 3.05) is 24.5 Å². The van der Waals surface area contributed by atoms with Gasteiger partial charge in [-0.15, -0.1) is 0 Å². The molecular formula is C17H27BrN2O. The molecule has 0 aromatic heterocycles. The topological polar surface area (TPSA) is 24.5 Å². The summed E-state index contributed by atoms with van der Waals surface area (Å²) in [6, 6.07) is 6.67. The maximum atomic E-state index is 5.81. The zero-order valence-corrected chi connectivity index (χ0v) is 15.1. The molecule has 2 rings (SSSR count). The highest BCUT2D eigenvalue weighted by molar-refractivity contribution is 9.10. The van der Waals surface area contributed by atoms with E-state index < -0.39 is 0 Å². The Morgan fingerprint density at radius 3 is 2.52 bits per heavy atom. The SMILES string of the molecule is CC(C)CNCc1ccc(N2CC(C)OC(C)C2)c(Br)c1. The first-order chi connectivity index (χ1) is 9.95. The summed E-state index contributed by atoms with van der Waals surface area (Å²) in [6.07, 6.45) is 0.570. The van der Waals surface area contributed by atoms with Gasteiger partial charge in [0.2, 0.25) is 0 Å². The lowest BCUT2D eigenvalue weighted by Crippen LogP contribution is -2.45. The van der Waals surface area contributed by atoms with Gasteiger partial charge >= 0.3 is 0 Å². The van der Waals surface area contributed by atoms with E-state index in [0.717, 1.165) is 26.2 Å². The summed E-state index contributed by atoms with van der Waals surface area (Å²) in [5.74, 6) is 0.684. The van der Waals surface area contributed by atoms with Crippen LogP contribution >= 0.6 is 15.9 Å². The van der Waals surface area contributed by atoms with Crippen LogP contribution in [0.25, 0.3) is 0 Å². The molecule has 1 fully saturated rings. The maximum Gasteiger partial charge on any atom is 0.0726 e. The monoisotopic (exact) mass is 354 g/mol. The van der Waals surface area contributed by atoms with Crippen LogP contribution in [0.5, 0.6) is 0 Å². The molecule has 1 N–H and O–H groups in total. The van der Waals surface area contributed by atoms with Crippen molar-refractivity contribution in [2.45, 2.75) is 46.4 Å². The standard InChI is InChI=1S/C17H27BrN2O/c1-12(2)8-19-9-15-5-6-17(16(18)7-15)20-10-13(3)21-14(4)11-20/h5-7,12-14,19H,8-11H2,1-4H3. The molecule has 0 saturated carbocycles. The molecule has 1 aliphatic heterocycles. The molecule has 2 atom stereocenters. The number of nitrogens with zero attached hydrogens (tertiary/aromatic N) is 1. The fourth-order valence-electron chi connectivity index (χ4n) is 2.80. The summed E-state index contributed by atoms with van der Waals surface area (Å²) in [5.41, 5.74) is 2.59. The Morgan fingerprint density at radius 1 is 1.29 bits per heavy atom. The zero-order chi connectivity index (χ0) is 15.4. The number of hydrogen-bond donors (Lipinski definition) is 1. The first-order valence-electron chi connectivity index (χ1n) is 7.85. The normalized spacial score (nSPS) is 22.9. The van der Waals surface area contributed by atoms with Crippen LogP contribution < -0.4 is 10.2 Å². The van der Waals surface area contributed by atoms with E-state index in [1.54, 1.807) is 0 Å². The van der Waals surface area contributed by atoms with E-state index in [9.17, 15) is 0 Å². The Kier molecular flexibility index (Phi) is 6.08. The van der Waals surface area contributed by atoms with Gasteiger partial charge in [-0.05, 0) is 59.9 Å². The minimum atomic E-state index is 0.285. The van der Waals surface area contributed by atoms with Crippen molar-refractivity contribution in [3.05, 3.63) is 28.2 Å². The van der Waals surface area contributed by atoms with E-state index in [2.05, 4.69) is 72.0 Å². The molecule has 4 heteroatoms. The summed E-state index contributed by atoms with van der Waals surface area (Å²) < 4.78 is 6.98. The molecule has 0 spiro atoms. The molecule has 1 aromatic rings. The third kappa shape index (κ3) is 4.97. The van der Waals surface area contributed by atoms with Crippen molar-refractivity contribution in [2.24, 2.45) is 5.92 Å². The van der Waals surface area contributed by atoms with Gasteiger partial charge in [-0.25, -0.2) is 0 Å². The van der Waals surface area contributed by atoms with E-state index in [1.165, 1.54) is 15.7 Å². The molecule has 0 amide bonds. The van der Waals surface area contributed by atoms with Gasteiger partial charge < -0.3 is 15.0 Å². The summed E-state index contributed by atoms with van der Waals surface area (Å²) in [6.45, 7) is 12.6. The first-order valence-corrected chi connectivity index (χ1v) is 8.64. The van der Waals surface area contributed by atoms with Crippen LogP contribution in [0, 0.1) is 5.92 Å². The highest BCUT2D eigenvalue weighted by Gasteiger charge is 2.23. The Hall–Kier alpha value is -0.580. The predicted octanol–water partition coefficient (Wildman–Crippen LogP) is 3.81. The Labute approximate surface area is 137 Å². The maximum absolute atomic E-state index is 5.81. The van der Waals surface area contributed by atoms with Gasteiger partial charge in [0.25, 0.3) is 0 Å². The number of ether oxygens (including phenoxy) is 1. The number of nitrogens with one attached hydrogen (secondary N) is 1. The molecule has 0 bridgehead atoms. The average molecular weight is 355 g/mol. The molecule has 1 aromatic carbocycles. The van der Waals surface area contributed by atoms with E-state index in [4.69, 9.17) is 4.74 Å². The van der Waals surface area contributed by atoms with Crippen molar-refractivity contribution in [1.82, 2.24) is 5.32 Å². The van der Waals surface area contributed by atoms with Crippen LogP contribution in [0.1, 0.15) is 33.3 Å². The molecule has 118 valence electrons. The highest BCUT2D eigenvalue weighted by Crippen LogP contribution is 2.29. The molecule has 2 unspecified atom stereocenters. The van der Waals surface area contributed by atoms with Crippen LogP contribution in [0.15, 0.2) is 22.7 Å². The Balaban J connectivity index is 2.01. The van der Waals surface area contributed by atoms with Crippen LogP contribution in [0.3, 0.4) is 0 Å². The van der Waals surface area contributed by atoms with Crippen LogP contribution in [0.4, 0.5) is 5.69 Å². The van der Waals surface area contributed by atoms with Gasteiger partial charge in [-0.3, -0.25) is 0 Å². The average Bonchev–Trinajstić information content (AvgIpc) is 2.37. The lowest BCUT2D eigenvalue weighted by atomic mass is 10.1. The number of anilines is 1. The highest BCUT2D eigenvalue weighted by atomic mass is 79.9. The number of hydrogen-bond acceptors (Lipinski definition) is 3. The van der Waals surface area contributed by atoms with Gasteiger partial charge in [-0.2, -0.15) is 0 Å². The summed E-state index contributed by atoms with van der Waals surface area (Å²) >= 11 is 3.73. The number of benzene rings is 1. The van der Waals surface area contributed by atoms with Crippen molar-refractivity contribution in [3.8, 4) is 0 Å². The Morgan fingerprint density at radius 2 is 1.95 bits per heavy atom. The fraction of sp³-hybridized carbons (Fsp3) is 0.647. The van der Waals surface area contributed by atoms with Crippen LogP contribution in [0.2, 0.25) is 0 Å². The summed E-state index contributed by atoms with van der Waals surface area (Å²) in [7, 11) is 0. The van der Waals surface area contributed by atoms with Crippen molar-refractivity contribution >= 4 is 21.6 Å². The quantitative estimate of drug-likeness (QED) is 0.869. The molecule has 3 nitrogen and oxygen atoms in total. The van der Waals surface area contributed by atoms with E-state index in [1.807, 2.05) is 0 Å². The van der Waals surface area contributed by atoms with Crippen LogP contribution in [-0.4, -0.2) is 31.8 Å². The summed E-state index contributed by atoms with van der Waals surface area (Å²) in [5, 5.41) is 3.49. The van der Waals surface area contributed by atoms with Crippen molar-refractivity contribution in [1.29, 1.82) is 0 Å². The van der Waals surface area contributed by atoms with E-state index in [0.29, 0.717) is 5.92 Å². The first kappa shape index (κ1) is 16.8. The van der Waals surface area contributed by atoms with E-state index in [-0.39, 0.29) is 12.2 Å². The largest absolute Gasteiger partial charge is 0.372 e. The third-order valence-corrected chi connectivity index (χ3v) is 4.29. The van der Waals surface area contributed by atoms with Gasteiger partial charge in [-0.1, -0.05) is 19.9 Å². The molecule has 0 aliphatic carbocycles. The minimum absolute atomic E-state index is 0.285. The van der Waals surface area contributed by atoms with Gasteiger partial charge in [0.1, 0.15) is 0 Å². The third-order valence-electron chi connectivity index (χ3n) is 3.65. The van der Waals surface area contributed by atoms with Gasteiger partial charge in [0.05, 0.1) is 17.9 Å². The second-order valence-electron chi connectivity index (χ2n) is 6.47. The number of morpholine rings is 1. The molecule has 1 aliphatic rings. The molecule has 21 heavy (non-hydrogen) atoms. The molecule has 1 heterocycles. The lowest BCUT2D eigenvalue weighted by Gasteiger charge is -2.37. The van der Waals surface area contributed by atoms with Gasteiger partial charge in [0, 0.05) is 24.1 Å². The molecule has 0 radical (unpaired) electrons. The number of halogens is 1. The van der Waals surface area contributed by atoms with Crippen LogP contribution in [-0.2, 0) is 11.3 Å². The molecular weight excluding hydrogens is 328 g/mol. The lowest BCUT2D eigenvalue weighted by molar-refractivity contribution is -0.00525. The minimum Gasteiger partial charge on any atom is -0.372 e. The second kappa shape index (κ2) is 7.61. The van der Waals surface area contributed by atoms with Gasteiger partial charge in [0.15, 0.2) is 0 Å². The summed E-state index contributed by atoms with van der Waals surface area (Å²) in [4.78, 5) is 2.41. The fourth-order valence-corrected chi connectivity index (χ4v) is 3.47. The smallest absolute Gasteiger partial charge is 0.0726 e. The van der Waals surface area contributed by atoms with E-state index >= 15 is 0 Å². The van der Waals surface area contributed by atoms with Crippen molar-refractivity contribution < 1.29 is 4.74 Å². The Bertz CT molecular complexity index is 454. The number of rotatable bonds is 5. The molecule has 1 saturated heterocycles. The second-order valence-corrected chi connectivity index (χ2v) is 7.33. The predicted molar refractivity (Wildman–Crippen MR) is 92.9 cm³/mol.